The Morgan fingerprint density at radius 2 is 0.650 bits per heavy atom. The van der Waals surface area contributed by atoms with Crippen molar-refractivity contribution in [2.45, 2.75) is 239 Å². The van der Waals surface area contributed by atoms with Gasteiger partial charge in [-0.15, -0.1) is 0 Å². The van der Waals surface area contributed by atoms with Crippen LogP contribution in [-0.4, -0.2) is 37.2 Å². The molecule has 0 aliphatic carbocycles. The highest BCUT2D eigenvalue weighted by molar-refractivity contribution is 5.71. The Morgan fingerprint density at radius 1 is 0.350 bits per heavy atom. The highest BCUT2D eigenvalue weighted by atomic mass is 16.6. The fraction of sp³-hybridized carbons (Fsp3) is 0.722. The molecule has 1 unspecified atom stereocenters. The quantitative estimate of drug-likeness (QED) is 0.0263. The molecule has 0 N–H and O–H groups in total. The predicted molar refractivity (Wildman–Crippen MR) is 256 cm³/mol. The molecule has 0 aromatic carbocycles. The van der Waals surface area contributed by atoms with Crippen LogP contribution >= 0.6 is 0 Å². The number of ether oxygens (including phenoxy) is 3. The average Bonchev–Trinajstić information content (AvgIpc) is 3.24. The second kappa shape index (κ2) is 48.5. The molecule has 0 heterocycles. The van der Waals surface area contributed by atoms with Crippen LogP contribution in [0.5, 0.6) is 0 Å². The molecule has 0 spiro atoms. The maximum Gasteiger partial charge on any atom is 0.306 e. The summed E-state index contributed by atoms with van der Waals surface area (Å²) in [5.41, 5.74) is 0. The Bertz CT molecular complexity index is 1140. The topological polar surface area (TPSA) is 78.9 Å². The lowest BCUT2D eigenvalue weighted by Crippen LogP contribution is -2.30. The molecule has 0 bridgehead atoms. The molecule has 60 heavy (non-hydrogen) atoms. The molecule has 0 aliphatic rings. The van der Waals surface area contributed by atoms with Gasteiger partial charge in [-0.25, -0.2) is 0 Å². The zero-order chi connectivity index (χ0) is 43.7. The molecule has 0 radical (unpaired) electrons. The maximum absolute atomic E-state index is 12.8. The molecule has 0 saturated heterocycles. The summed E-state index contributed by atoms with van der Waals surface area (Å²) in [4.78, 5) is 37.9. The number of allylic oxidation sites excluding steroid dienone is 12. The van der Waals surface area contributed by atoms with Crippen molar-refractivity contribution in [3.63, 3.8) is 0 Å². The van der Waals surface area contributed by atoms with Gasteiger partial charge in [0.2, 0.25) is 0 Å². The summed E-state index contributed by atoms with van der Waals surface area (Å²) in [5, 5.41) is 0. The van der Waals surface area contributed by atoms with E-state index in [-0.39, 0.29) is 31.1 Å². The first-order valence-corrected chi connectivity index (χ1v) is 24.9. The van der Waals surface area contributed by atoms with Gasteiger partial charge >= 0.3 is 17.9 Å². The van der Waals surface area contributed by atoms with Gasteiger partial charge in [-0.3, -0.25) is 14.4 Å². The second-order valence-corrected chi connectivity index (χ2v) is 16.3. The van der Waals surface area contributed by atoms with Crippen LogP contribution < -0.4 is 0 Å². The minimum Gasteiger partial charge on any atom is -0.462 e. The van der Waals surface area contributed by atoms with Gasteiger partial charge in [0, 0.05) is 19.3 Å². The van der Waals surface area contributed by atoms with Crippen molar-refractivity contribution in [2.24, 2.45) is 0 Å². The minimum atomic E-state index is -0.800. The Kier molecular flexibility index (Phi) is 46.0. The zero-order valence-electron chi connectivity index (χ0n) is 39.2. The fourth-order valence-electron chi connectivity index (χ4n) is 6.76. The summed E-state index contributed by atoms with van der Waals surface area (Å²) < 4.78 is 16.7. The van der Waals surface area contributed by atoms with E-state index >= 15 is 0 Å². The zero-order valence-corrected chi connectivity index (χ0v) is 39.2. The Morgan fingerprint density at radius 3 is 1.05 bits per heavy atom. The fourth-order valence-corrected chi connectivity index (χ4v) is 6.76. The molecule has 0 rings (SSSR count). The number of carbonyl (C=O) groups is 3. The van der Waals surface area contributed by atoms with Gasteiger partial charge in [-0.05, 0) is 83.5 Å². The molecule has 0 saturated carbocycles. The van der Waals surface area contributed by atoms with Gasteiger partial charge in [0.05, 0.1) is 0 Å². The van der Waals surface area contributed by atoms with Crippen molar-refractivity contribution in [3.8, 4) is 0 Å². The number of unbranched alkanes of at least 4 members (excludes halogenated alkanes) is 21. The lowest BCUT2D eigenvalue weighted by atomic mass is 10.0. The first-order chi connectivity index (χ1) is 29.5. The number of hydrogen-bond donors (Lipinski definition) is 0. The lowest BCUT2D eigenvalue weighted by molar-refractivity contribution is -0.167. The van der Waals surface area contributed by atoms with Gasteiger partial charge < -0.3 is 14.2 Å². The smallest absolute Gasteiger partial charge is 0.306 e. The van der Waals surface area contributed by atoms with E-state index in [1.165, 1.54) is 83.5 Å². The second-order valence-electron chi connectivity index (χ2n) is 16.3. The maximum atomic E-state index is 12.8. The van der Waals surface area contributed by atoms with E-state index in [4.69, 9.17) is 14.2 Å². The van der Waals surface area contributed by atoms with Crippen LogP contribution in [0.1, 0.15) is 233 Å². The third kappa shape index (κ3) is 45.9. The molecule has 0 fully saturated rings. The number of hydrogen-bond acceptors (Lipinski definition) is 6. The van der Waals surface area contributed by atoms with Crippen LogP contribution in [0.3, 0.4) is 0 Å². The van der Waals surface area contributed by atoms with E-state index in [2.05, 4.69) is 93.7 Å². The normalized spacial score (nSPS) is 12.7. The number of carbonyl (C=O) groups excluding carboxylic acids is 3. The van der Waals surface area contributed by atoms with Gasteiger partial charge in [-0.1, -0.05) is 203 Å². The molecule has 0 aromatic heterocycles. The van der Waals surface area contributed by atoms with Gasteiger partial charge in [0.15, 0.2) is 6.10 Å². The van der Waals surface area contributed by atoms with E-state index in [9.17, 15) is 14.4 Å². The molecule has 6 nitrogen and oxygen atoms in total. The molecule has 0 aromatic rings. The van der Waals surface area contributed by atoms with Crippen LogP contribution in [0.4, 0.5) is 0 Å². The number of rotatable bonds is 44. The highest BCUT2D eigenvalue weighted by Crippen LogP contribution is 2.15. The number of esters is 3. The van der Waals surface area contributed by atoms with Crippen LogP contribution in [0.15, 0.2) is 72.9 Å². The van der Waals surface area contributed by atoms with E-state index in [1.807, 2.05) is 0 Å². The molecule has 344 valence electrons. The first kappa shape index (κ1) is 56.9. The third-order valence-electron chi connectivity index (χ3n) is 10.5. The van der Waals surface area contributed by atoms with Crippen LogP contribution in [0.2, 0.25) is 0 Å². The van der Waals surface area contributed by atoms with E-state index in [0.717, 1.165) is 109 Å². The van der Waals surface area contributed by atoms with E-state index in [1.54, 1.807) is 0 Å². The summed E-state index contributed by atoms with van der Waals surface area (Å²) in [6.45, 7) is 6.36. The summed E-state index contributed by atoms with van der Waals surface area (Å²) in [5.74, 6) is -0.958. The van der Waals surface area contributed by atoms with Crippen molar-refractivity contribution in [3.05, 3.63) is 72.9 Å². The molecular formula is C54H92O6. The largest absolute Gasteiger partial charge is 0.462 e. The molecule has 0 amide bonds. The molecule has 1 atom stereocenters. The molecule has 0 aliphatic heterocycles. The highest BCUT2D eigenvalue weighted by Gasteiger charge is 2.19. The van der Waals surface area contributed by atoms with Crippen molar-refractivity contribution >= 4 is 17.9 Å². The summed E-state index contributed by atoms with van der Waals surface area (Å²) in [7, 11) is 0. The van der Waals surface area contributed by atoms with Gasteiger partial charge in [0.25, 0.3) is 0 Å². The van der Waals surface area contributed by atoms with Crippen molar-refractivity contribution in [2.75, 3.05) is 13.2 Å². The monoisotopic (exact) mass is 837 g/mol. The van der Waals surface area contributed by atoms with Crippen LogP contribution in [0.25, 0.3) is 0 Å². The average molecular weight is 837 g/mol. The Labute approximate surface area is 370 Å². The van der Waals surface area contributed by atoms with Crippen LogP contribution in [0, 0.1) is 0 Å². The van der Waals surface area contributed by atoms with Gasteiger partial charge in [0.1, 0.15) is 13.2 Å². The lowest BCUT2D eigenvalue weighted by Gasteiger charge is -2.18. The Balaban J connectivity index is 4.43. The first-order valence-electron chi connectivity index (χ1n) is 24.9. The van der Waals surface area contributed by atoms with Crippen molar-refractivity contribution in [1.82, 2.24) is 0 Å². The summed E-state index contributed by atoms with van der Waals surface area (Å²) >= 11 is 0. The SMILES string of the molecule is CC/C=C\C/C=C\C/C=C\CCCCCCC(=O)OC(COC(=O)CCCC/C=C\C/C=C\C/C=C\CC)COC(=O)CCCCCCCCCCCCCCCCCC. The summed E-state index contributed by atoms with van der Waals surface area (Å²) in [6.07, 6.45) is 60.3. The predicted octanol–water partition coefficient (Wildman–Crippen LogP) is 16.3. The van der Waals surface area contributed by atoms with Gasteiger partial charge in [-0.2, -0.15) is 0 Å². The molecule has 6 heteroatoms. The molecular weight excluding hydrogens is 745 g/mol. The van der Waals surface area contributed by atoms with Crippen molar-refractivity contribution < 1.29 is 28.6 Å². The third-order valence-corrected chi connectivity index (χ3v) is 10.5. The Hall–Kier alpha value is -3.15. The standard InChI is InChI=1S/C54H92O6/c1-4-7-10-13-16-19-22-25-27-28-30-32-35-38-41-44-47-53(56)59-50-51(49-58-52(55)46-43-40-37-34-31-24-21-18-15-12-9-6-3)60-54(57)48-45-42-39-36-33-29-26-23-20-17-14-11-8-5-2/h8-9,11-12,17-18,20-21,26,29,31,34,51H,4-7,10,13-16,19,22-25,27-28,30,32-33,35-50H2,1-3H3/b11-8-,12-9-,20-17-,21-18-,29-26-,34-31-. The van der Waals surface area contributed by atoms with E-state index in [0.29, 0.717) is 19.3 Å². The van der Waals surface area contributed by atoms with Crippen molar-refractivity contribution in [1.29, 1.82) is 0 Å². The summed E-state index contributed by atoms with van der Waals surface area (Å²) in [6, 6.07) is 0. The van der Waals surface area contributed by atoms with Crippen LogP contribution in [-0.2, 0) is 28.6 Å². The van der Waals surface area contributed by atoms with E-state index < -0.39 is 6.10 Å². The minimum absolute atomic E-state index is 0.0954.